The fraction of sp³-hybridized carbons (Fsp3) is 0. The van der Waals surface area contributed by atoms with Crippen LogP contribution in [0.3, 0.4) is 0 Å². The summed E-state index contributed by atoms with van der Waals surface area (Å²) in [6.45, 7) is 0. The number of hydrogen-bond acceptors (Lipinski definition) is 5. The minimum atomic E-state index is -0.487. The molecule has 0 atom stereocenters. The molecule has 6 nitrogen and oxygen atoms in total. The first-order valence-electron chi connectivity index (χ1n) is 4.45. The third-order valence-electron chi connectivity index (χ3n) is 1.78. The zero-order chi connectivity index (χ0) is 11.4. The Hall–Kier alpha value is -2.50. The number of non-ortho nitro benzene ring substituents is 1. The van der Waals surface area contributed by atoms with Gasteiger partial charge in [-0.05, 0) is 12.1 Å². The molecule has 0 N–H and O–H groups in total. The minimum absolute atomic E-state index is 0.0339. The SMILES string of the molecule is O=[N+]([O-])c1cccc(Oc2ncccn2)c1. The number of rotatable bonds is 3. The molecular formula is C10H7N3O3. The molecule has 0 aliphatic rings. The minimum Gasteiger partial charge on any atom is -0.424 e. The third-order valence-corrected chi connectivity index (χ3v) is 1.78. The van der Waals surface area contributed by atoms with Gasteiger partial charge in [0, 0.05) is 18.5 Å². The van der Waals surface area contributed by atoms with Crippen molar-refractivity contribution in [2.45, 2.75) is 0 Å². The molecular weight excluding hydrogens is 210 g/mol. The van der Waals surface area contributed by atoms with E-state index in [-0.39, 0.29) is 11.7 Å². The Morgan fingerprint density at radius 2 is 1.94 bits per heavy atom. The van der Waals surface area contributed by atoms with Gasteiger partial charge in [0.25, 0.3) is 5.69 Å². The van der Waals surface area contributed by atoms with E-state index in [1.807, 2.05) is 0 Å². The van der Waals surface area contributed by atoms with Crippen molar-refractivity contribution in [1.29, 1.82) is 0 Å². The lowest BCUT2D eigenvalue weighted by Gasteiger charge is -2.01. The normalized spacial score (nSPS) is 9.75. The summed E-state index contributed by atoms with van der Waals surface area (Å²) in [5.41, 5.74) is -0.0339. The van der Waals surface area contributed by atoms with Crippen LogP contribution in [0.2, 0.25) is 0 Å². The molecule has 0 bridgehead atoms. The van der Waals surface area contributed by atoms with Crippen molar-refractivity contribution in [2.75, 3.05) is 0 Å². The van der Waals surface area contributed by atoms with Crippen LogP contribution in [0.1, 0.15) is 0 Å². The molecule has 2 rings (SSSR count). The zero-order valence-electron chi connectivity index (χ0n) is 8.11. The Bertz CT molecular complexity index is 502. The number of benzene rings is 1. The highest BCUT2D eigenvalue weighted by atomic mass is 16.6. The van der Waals surface area contributed by atoms with Gasteiger partial charge in [0.1, 0.15) is 5.75 Å². The predicted molar refractivity (Wildman–Crippen MR) is 55.2 cm³/mol. The summed E-state index contributed by atoms with van der Waals surface area (Å²) >= 11 is 0. The van der Waals surface area contributed by atoms with E-state index in [0.29, 0.717) is 5.75 Å². The molecule has 0 unspecified atom stereocenters. The summed E-state index contributed by atoms with van der Waals surface area (Å²) in [4.78, 5) is 17.7. The molecule has 0 saturated heterocycles. The summed E-state index contributed by atoms with van der Waals surface area (Å²) in [5, 5.41) is 10.5. The van der Waals surface area contributed by atoms with Gasteiger partial charge in [-0.25, -0.2) is 9.97 Å². The summed E-state index contributed by atoms with van der Waals surface area (Å²) in [6.07, 6.45) is 3.05. The summed E-state index contributed by atoms with van der Waals surface area (Å²) < 4.78 is 5.24. The fourth-order valence-electron chi connectivity index (χ4n) is 1.10. The molecule has 2 aromatic rings. The van der Waals surface area contributed by atoms with E-state index in [1.165, 1.54) is 30.6 Å². The van der Waals surface area contributed by atoms with E-state index in [4.69, 9.17) is 4.74 Å². The van der Waals surface area contributed by atoms with Gasteiger partial charge in [-0.2, -0.15) is 0 Å². The van der Waals surface area contributed by atoms with E-state index in [0.717, 1.165) is 0 Å². The second-order valence-corrected chi connectivity index (χ2v) is 2.89. The highest BCUT2D eigenvalue weighted by molar-refractivity contribution is 5.38. The molecule has 0 amide bonds. The van der Waals surface area contributed by atoms with Crippen LogP contribution in [0, 0.1) is 10.1 Å². The molecule has 80 valence electrons. The van der Waals surface area contributed by atoms with Gasteiger partial charge in [-0.15, -0.1) is 0 Å². The largest absolute Gasteiger partial charge is 0.424 e. The number of nitro groups is 1. The molecule has 16 heavy (non-hydrogen) atoms. The maximum atomic E-state index is 10.5. The lowest BCUT2D eigenvalue weighted by molar-refractivity contribution is -0.384. The van der Waals surface area contributed by atoms with Crippen LogP contribution in [0.5, 0.6) is 11.8 Å². The molecule has 0 aliphatic heterocycles. The van der Waals surface area contributed by atoms with Crippen LogP contribution in [0.4, 0.5) is 5.69 Å². The van der Waals surface area contributed by atoms with E-state index < -0.39 is 4.92 Å². The number of hydrogen-bond donors (Lipinski definition) is 0. The van der Waals surface area contributed by atoms with Gasteiger partial charge in [0.15, 0.2) is 0 Å². The van der Waals surface area contributed by atoms with E-state index >= 15 is 0 Å². The lowest BCUT2D eigenvalue weighted by atomic mass is 10.3. The Morgan fingerprint density at radius 3 is 2.62 bits per heavy atom. The molecule has 0 fully saturated rings. The van der Waals surface area contributed by atoms with E-state index in [9.17, 15) is 10.1 Å². The van der Waals surface area contributed by atoms with Crippen LogP contribution in [0.15, 0.2) is 42.7 Å². The average molecular weight is 217 g/mol. The van der Waals surface area contributed by atoms with Gasteiger partial charge in [-0.3, -0.25) is 10.1 Å². The first-order chi connectivity index (χ1) is 7.75. The lowest BCUT2D eigenvalue weighted by Crippen LogP contribution is -1.92. The number of nitro benzene ring substituents is 1. The first-order valence-corrected chi connectivity index (χ1v) is 4.45. The van der Waals surface area contributed by atoms with Crippen molar-refractivity contribution in [2.24, 2.45) is 0 Å². The molecule has 6 heteroatoms. The van der Waals surface area contributed by atoms with E-state index in [2.05, 4.69) is 9.97 Å². The van der Waals surface area contributed by atoms with Crippen molar-refractivity contribution in [3.05, 3.63) is 52.8 Å². The molecule has 0 radical (unpaired) electrons. The van der Waals surface area contributed by atoms with Crippen LogP contribution in [-0.2, 0) is 0 Å². The third kappa shape index (κ3) is 2.30. The maximum absolute atomic E-state index is 10.5. The van der Waals surface area contributed by atoms with Gasteiger partial charge in [0.05, 0.1) is 11.0 Å². The molecule has 1 aromatic carbocycles. The maximum Gasteiger partial charge on any atom is 0.321 e. The monoisotopic (exact) mass is 217 g/mol. The summed E-state index contributed by atoms with van der Waals surface area (Å²) in [5.74, 6) is 0.334. The number of nitrogens with zero attached hydrogens (tertiary/aromatic N) is 3. The van der Waals surface area contributed by atoms with Crippen molar-refractivity contribution >= 4 is 5.69 Å². The highest BCUT2D eigenvalue weighted by Gasteiger charge is 2.07. The second-order valence-electron chi connectivity index (χ2n) is 2.89. The number of ether oxygens (including phenoxy) is 1. The first kappa shape index (κ1) is 10.0. The topological polar surface area (TPSA) is 78.2 Å². The molecule has 0 spiro atoms. The molecule has 0 saturated carbocycles. The quantitative estimate of drug-likeness (QED) is 0.581. The summed E-state index contributed by atoms with van der Waals surface area (Å²) in [7, 11) is 0. The summed E-state index contributed by atoms with van der Waals surface area (Å²) in [6, 6.07) is 7.65. The zero-order valence-corrected chi connectivity index (χ0v) is 8.11. The smallest absolute Gasteiger partial charge is 0.321 e. The van der Waals surface area contributed by atoms with Crippen LogP contribution in [-0.4, -0.2) is 14.9 Å². The van der Waals surface area contributed by atoms with Crippen LogP contribution in [0.25, 0.3) is 0 Å². The standard InChI is InChI=1S/C10H7N3O3/c14-13(15)8-3-1-4-9(7-8)16-10-11-5-2-6-12-10/h1-7H. The average Bonchev–Trinajstić information content (AvgIpc) is 2.30. The highest BCUT2D eigenvalue weighted by Crippen LogP contribution is 2.22. The number of aromatic nitrogens is 2. The Labute approximate surface area is 90.7 Å². The predicted octanol–water partition coefficient (Wildman–Crippen LogP) is 2.18. The van der Waals surface area contributed by atoms with E-state index in [1.54, 1.807) is 12.1 Å². The van der Waals surface area contributed by atoms with Crippen LogP contribution >= 0.6 is 0 Å². The Kier molecular flexibility index (Phi) is 2.73. The Balaban J connectivity index is 2.22. The van der Waals surface area contributed by atoms with Crippen molar-refractivity contribution in [3.63, 3.8) is 0 Å². The second kappa shape index (κ2) is 4.35. The van der Waals surface area contributed by atoms with Gasteiger partial charge >= 0.3 is 6.01 Å². The molecule has 1 heterocycles. The molecule has 0 aliphatic carbocycles. The molecule has 1 aromatic heterocycles. The van der Waals surface area contributed by atoms with Crippen LogP contribution < -0.4 is 4.74 Å². The van der Waals surface area contributed by atoms with Gasteiger partial charge in [-0.1, -0.05) is 6.07 Å². The van der Waals surface area contributed by atoms with Crippen molar-refractivity contribution in [1.82, 2.24) is 9.97 Å². The Morgan fingerprint density at radius 1 is 1.19 bits per heavy atom. The van der Waals surface area contributed by atoms with Gasteiger partial charge < -0.3 is 4.74 Å². The van der Waals surface area contributed by atoms with Gasteiger partial charge in [0.2, 0.25) is 0 Å². The van der Waals surface area contributed by atoms with Crippen molar-refractivity contribution < 1.29 is 9.66 Å². The fourth-order valence-corrected chi connectivity index (χ4v) is 1.10. The van der Waals surface area contributed by atoms with Crippen molar-refractivity contribution in [3.8, 4) is 11.8 Å².